The van der Waals surface area contributed by atoms with Gasteiger partial charge < -0.3 is 15.2 Å². The minimum absolute atomic E-state index is 0.266. The van der Waals surface area contributed by atoms with E-state index in [2.05, 4.69) is 41.5 Å². The quantitative estimate of drug-likeness (QED) is 0.729. The van der Waals surface area contributed by atoms with Gasteiger partial charge in [-0.3, -0.25) is 0 Å². The van der Waals surface area contributed by atoms with Crippen molar-refractivity contribution in [2.24, 2.45) is 46.7 Å². The molecule has 1 saturated carbocycles. The summed E-state index contributed by atoms with van der Waals surface area (Å²) in [6.07, 6.45) is 7.02. The first-order valence-corrected chi connectivity index (χ1v) is 11.2. The van der Waals surface area contributed by atoms with Crippen LogP contribution in [0.2, 0.25) is 0 Å². The average molecular weight is 366 g/mol. The van der Waals surface area contributed by atoms with Gasteiger partial charge in [-0.2, -0.15) is 0 Å². The van der Waals surface area contributed by atoms with Crippen molar-refractivity contribution in [3.63, 3.8) is 0 Å². The molecular weight excluding hydrogens is 322 g/mol. The maximum Gasteiger partial charge on any atom is 0.0632 e. The van der Waals surface area contributed by atoms with E-state index in [9.17, 15) is 0 Å². The van der Waals surface area contributed by atoms with Crippen LogP contribution >= 0.6 is 0 Å². The van der Waals surface area contributed by atoms with Crippen LogP contribution in [0.15, 0.2) is 0 Å². The van der Waals surface area contributed by atoms with E-state index in [0.29, 0.717) is 41.9 Å². The Kier molecular flexibility index (Phi) is 6.41. The first-order valence-electron chi connectivity index (χ1n) is 11.2. The van der Waals surface area contributed by atoms with E-state index < -0.39 is 0 Å². The van der Waals surface area contributed by atoms with Crippen molar-refractivity contribution in [2.45, 2.75) is 91.9 Å². The summed E-state index contributed by atoms with van der Waals surface area (Å²) in [5, 5.41) is 0. The Balaban J connectivity index is 1.48. The average Bonchev–Trinajstić information content (AvgIpc) is 2.98. The third-order valence-corrected chi connectivity index (χ3v) is 8.55. The summed E-state index contributed by atoms with van der Waals surface area (Å²) in [5.74, 6) is 4.31. The molecule has 2 aliphatic heterocycles. The maximum atomic E-state index is 6.34. The zero-order chi connectivity index (χ0) is 19.1. The number of hydrogen-bond donors (Lipinski definition) is 1. The topological polar surface area (TPSA) is 44.5 Å². The Hall–Kier alpha value is -0.120. The van der Waals surface area contributed by atoms with Crippen LogP contribution in [0.25, 0.3) is 0 Å². The van der Waals surface area contributed by atoms with Crippen LogP contribution in [-0.4, -0.2) is 31.5 Å². The van der Waals surface area contributed by atoms with Gasteiger partial charge in [-0.25, -0.2) is 0 Å². The molecule has 1 aliphatic carbocycles. The Morgan fingerprint density at radius 3 is 2.42 bits per heavy atom. The predicted octanol–water partition coefficient (Wildman–Crippen LogP) is 4.88. The monoisotopic (exact) mass is 365 g/mol. The van der Waals surface area contributed by atoms with E-state index in [4.69, 9.17) is 15.2 Å². The normalized spacial score (nSPS) is 44.1. The minimum atomic E-state index is 0.266. The first-order chi connectivity index (χ1) is 12.2. The summed E-state index contributed by atoms with van der Waals surface area (Å²) in [6.45, 7) is 16.1. The summed E-state index contributed by atoms with van der Waals surface area (Å²) in [7, 11) is 0. The molecule has 26 heavy (non-hydrogen) atoms. The van der Waals surface area contributed by atoms with Gasteiger partial charge in [0.1, 0.15) is 0 Å². The summed E-state index contributed by atoms with van der Waals surface area (Å²) in [4.78, 5) is 0. The summed E-state index contributed by atoms with van der Waals surface area (Å²) >= 11 is 0. The van der Waals surface area contributed by atoms with Crippen LogP contribution in [0.4, 0.5) is 0 Å². The zero-order valence-electron chi connectivity index (χ0n) is 18.0. The third-order valence-electron chi connectivity index (χ3n) is 8.55. The van der Waals surface area contributed by atoms with Gasteiger partial charge >= 0.3 is 0 Å². The molecule has 3 rings (SSSR count). The Bertz CT molecular complexity index is 463. The largest absolute Gasteiger partial charge is 0.378 e. The fraction of sp³-hybridized carbons (Fsp3) is 1.00. The van der Waals surface area contributed by atoms with E-state index in [1.807, 2.05) is 0 Å². The molecule has 0 aromatic heterocycles. The molecule has 4 unspecified atom stereocenters. The second-order valence-electron chi connectivity index (χ2n) is 10.6. The van der Waals surface area contributed by atoms with Crippen LogP contribution < -0.4 is 5.73 Å². The van der Waals surface area contributed by atoms with Crippen LogP contribution in [-0.2, 0) is 9.47 Å². The van der Waals surface area contributed by atoms with Crippen LogP contribution in [0.1, 0.15) is 73.6 Å². The highest BCUT2D eigenvalue weighted by molar-refractivity contribution is 5.03. The fourth-order valence-corrected chi connectivity index (χ4v) is 6.02. The third kappa shape index (κ3) is 4.00. The molecule has 0 spiro atoms. The lowest BCUT2D eigenvalue weighted by Gasteiger charge is -2.54. The molecule has 3 fully saturated rings. The highest BCUT2D eigenvalue weighted by Gasteiger charge is 2.52. The van der Waals surface area contributed by atoms with E-state index in [1.165, 1.54) is 25.7 Å². The Morgan fingerprint density at radius 2 is 1.81 bits per heavy atom. The second-order valence-corrected chi connectivity index (χ2v) is 10.6. The van der Waals surface area contributed by atoms with Crippen molar-refractivity contribution >= 4 is 0 Å². The van der Waals surface area contributed by atoms with E-state index in [-0.39, 0.29) is 5.41 Å². The van der Waals surface area contributed by atoms with Gasteiger partial charge in [0, 0.05) is 12.6 Å². The van der Waals surface area contributed by atoms with Crippen molar-refractivity contribution in [1.82, 2.24) is 0 Å². The molecule has 0 aromatic rings. The first kappa shape index (κ1) is 20.6. The van der Waals surface area contributed by atoms with Gasteiger partial charge in [-0.15, -0.1) is 0 Å². The molecule has 2 saturated heterocycles. The molecule has 8 atom stereocenters. The van der Waals surface area contributed by atoms with Crippen LogP contribution in [0, 0.1) is 40.9 Å². The molecule has 152 valence electrons. The van der Waals surface area contributed by atoms with E-state index >= 15 is 0 Å². The van der Waals surface area contributed by atoms with Gasteiger partial charge in [-0.05, 0) is 73.0 Å². The number of rotatable bonds is 6. The smallest absolute Gasteiger partial charge is 0.0632 e. The zero-order valence-corrected chi connectivity index (χ0v) is 18.0. The molecule has 2 heterocycles. The fourth-order valence-electron chi connectivity index (χ4n) is 6.02. The van der Waals surface area contributed by atoms with E-state index in [0.717, 1.165) is 31.5 Å². The van der Waals surface area contributed by atoms with Crippen molar-refractivity contribution < 1.29 is 9.47 Å². The summed E-state index contributed by atoms with van der Waals surface area (Å²) < 4.78 is 12.4. The van der Waals surface area contributed by atoms with Crippen molar-refractivity contribution in [1.29, 1.82) is 0 Å². The molecule has 0 bridgehead atoms. The minimum Gasteiger partial charge on any atom is -0.378 e. The predicted molar refractivity (Wildman–Crippen MR) is 108 cm³/mol. The lowest BCUT2D eigenvalue weighted by atomic mass is 9.53. The lowest BCUT2D eigenvalue weighted by Crippen LogP contribution is -2.58. The summed E-state index contributed by atoms with van der Waals surface area (Å²) in [6, 6.07) is 0.361. The van der Waals surface area contributed by atoms with Crippen molar-refractivity contribution in [2.75, 3.05) is 13.2 Å². The Labute approximate surface area is 161 Å². The molecule has 3 aliphatic rings. The standard InChI is InChI=1S/C23H43NO2/c1-14(2)17-9-10-25-19(11-17)8-7-18-13-26-22(15(18)3)16(4)20-12-21(24)23(20,5)6/h14-22H,7-13,24H2,1-6H3/t15-,16?,17?,18+,19?,20+,21+,22?/m1/s1. The van der Waals surface area contributed by atoms with Crippen molar-refractivity contribution in [3.8, 4) is 0 Å². The second kappa shape index (κ2) is 8.09. The molecular formula is C23H43NO2. The van der Waals surface area contributed by atoms with Crippen LogP contribution in [0.5, 0.6) is 0 Å². The molecule has 0 aromatic carbocycles. The molecule has 2 N–H and O–H groups in total. The highest BCUT2D eigenvalue weighted by atomic mass is 16.5. The Morgan fingerprint density at radius 1 is 1.08 bits per heavy atom. The lowest BCUT2D eigenvalue weighted by molar-refractivity contribution is -0.0645. The summed E-state index contributed by atoms with van der Waals surface area (Å²) in [5.41, 5.74) is 6.52. The van der Waals surface area contributed by atoms with Gasteiger partial charge in [0.05, 0.1) is 18.8 Å². The van der Waals surface area contributed by atoms with Crippen LogP contribution in [0.3, 0.4) is 0 Å². The van der Waals surface area contributed by atoms with Gasteiger partial charge in [0.2, 0.25) is 0 Å². The van der Waals surface area contributed by atoms with Gasteiger partial charge in [0.25, 0.3) is 0 Å². The van der Waals surface area contributed by atoms with E-state index in [1.54, 1.807) is 0 Å². The number of hydrogen-bond acceptors (Lipinski definition) is 3. The molecule has 0 amide bonds. The highest BCUT2D eigenvalue weighted by Crippen LogP contribution is 2.52. The molecule has 0 radical (unpaired) electrons. The van der Waals surface area contributed by atoms with Gasteiger partial charge in [0.15, 0.2) is 0 Å². The number of nitrogens with two attached hydrogens (primary N) is 1. The molecule has 3 nitrogen and oxygen atoms in total. The molecule has 3 heteroatoms. The van der Waals surface area contributed by atoms with Gasteiger partial charge in [-0.1, -0.05) is 41.5 Å². The maximum absolute atomic E-state index is 6.34. The SMILES string of the molecule is CC(C)C1CCOC(CC[C@H]2COC(C(C)[C@@H]3C[C@H](N)C3(C)C)[C@@H]2C)C1. The van der Waals surface area contributed by atoms with Crippen molar-refractivity contribution in [3.05, 3.63) is 0 Å². The number of ether oxygens (including phenoxy) is 2.